The van der Waals surface area contributed by atoms with Crippen molar-refractivity contribution >= 4 is 68.2 Å². The summed E-state index contributed by atoms with van der Waals surface area (Å²) in [5.41, 5.74) is 1.61. The number of benzene rings is 1. The van der Waals surface area contributed by atoms with E-state index in [2.05, 4.69) is 26.2 Å². The molecule has 0 saturated heterocycles. The summed E-state index contributed by atoms with van der Waals surface area (Å²) in [5, 5.41) is 5.24. The van der Waals surface area contributed by atoms with Crippen LogP contribution in [0.4, 0.5) is 16.2 Å². The number of carbonyl (C=O) groups is 2. The summed E-state index contributed by atoms with van der Waals surface area (Å²) in [7, 11) is 3.10. The summed E-state index contributed by atoms with van der Waals surface area (Å²) >= 11 is 16.7. The molecule has 4 rings (SSSR count). The predicted octanol–water partition coefficient (Wildman–Crippen LogP) is 6.68. The molecule has 9 nitrogen and oxygen atoms in total. The molecule has 1 saturated carbocycles. The summed E-state index contributed by atoms with van der Waals surface area (Å²) in [6, 6.07) is 5.34. The van der Waals surface area contributed by atoms with Crippen molar-refractivity contribution in [1.82, 2.24) is 19.3 Å². The molecule has 1 aliphatic rings. The number of imidazole rings is 1. The third-order valence-electron chi connectivity index (χ3n) is 5.62. The minimum atomic E-state index is -0.630. The summed E-state index contributed by atoms with van der Waals surface area (Å²) in [5.74, 6) is -0.357. The molecule has 1 aliphatic carbocycles. The van der Waals surface area contributed by atoms with Crippen LogP contribution >= 0.6 is 39.1 Å². The lowest BCUT2D eigenvalue weighted by atomic mass is 10.2. The molecule has 12 heteroatoms. The van der Waals surface area contributed by atoms with Gasteiger partial charge in [0.05, 0.1) is 53.5 Å². The van der Waals surface area contributed by atoms with Gasteiger partial charge < -0.3 is 19.4 Å². The van der Waals surface area contributed by atoms with Crippen LogP contribution in [0.15, 0.2) is 35.1 Å². The van der Waals surface area contributed by atoms with E-state index in [1.807, 2.05) is 6.07 Å². The average molecular weight is 613 g/mol. The van der Waals surface area contributed by atoms with Crippen molar-refractivity contribution in [2.24, 2.45) is 0 Å². The number of aromatic nitrogens is 2. The number of pyridine rings is 1. The van der Waals surface area contributed by atoms with Crippen LogP contribution in [0.2, 0.25) is 10.0 Å². The van der Waals surface area contributed by atoms with Crippen LogP contribution in [0.1, 0.15) is 49.7 Å². The number of nitrogens with one attached hydrogen (secondary N) is 1. The number of nitrogens with zero attached hydrogens (tertiary/aromatic N) is 4. The molecular weight excluding hydrogens is 585 g/mol. The first kappa shape index (κ1) is 27.5. The Morgan fingerprint density at radius 3 is 2.57 bits per heavy atom. The van der Waals surface area contributed by atoms with Gasteiger partial charge in [-0.3, -0.25) is 9.63 Å². The first-order chi connectivity index (χ1) is 17.4. The van der Waals surface area contributed by atoms with Crippen LogP contribution in [0.5, 0.6) is 0 Å². The molecule has 3 aromatic rings. The van der Waals surface area contributed by atoms with E-state index in [1.54, 1.807) is 56.7 Å². The largest absolute Gasteiger partial charge is 0.444 e. The van der Waals surface area contributed by atoms with Gasteiger partial charge in [0.15, 0.2) is 5.65 Å². The Morgan fingerprint density at radius 2 is 1.97 bits per heavy atom. The fraction of sp³-hybridized carbons (Fsp3) is 0.400. The maximum Gasteiger partial charge on any atom is 0.410 e. The Kier molecular flexibility index (Phi) is 7.94. The molecule has 1 fully saturated rings. The van der Waals surface area contributed by atoms with Crippen molar-refractivity contribution in [2.45, 2.75) is 51.8 Å². The van der Waals surface area contributed by atoms with Crippen LogP contribution in [-0.2, 0) is 16.1 Å². The van der Waals surface area contributed by atoms with Crippen LogP contribution in [0, 0.1) is 0 Å². The van der Waals surface area contributed by atoms with Gasteiger partial charge in [-0.05, 0) is 51.8 Å². The molecule has 0 radical (unpaired) electrons. The molecule has 0 aliphatic heterocycles. The van der Waals surface area contributed by atoms with Crippen molar-refractivity contribution in [2.75, 3.05) is 19.5 Å². The third kappa shape index (κ3) is 6.14. The number of halogens is 3. The van der Waals surface area contributed by atoms with Crippen molar-refractivity contribution in [3.63, 3.8) is 0 Å². The van der Waals surface area contributed by atoms with Gasteiger partial charge in [0, 0.05) is 17.7 Å². The highest BCUT2D eigenvalue weighted by atomic mass is 79.9. The minimum Gasteiger partial charge on any atom is -0.444 e. The second-order valence-electron chi connectivity index (χ2n) is 9.81. The van der Waals surface area contributed by atoms with Crippen LogP contribution in [0.3, 0.4) is 0 Å². The summed E-state index contributed by atoms with van der Waals surface area (Å²) in [6.45, 7) is 5.59. The Hall–Kier alpha value is -2.53. The Bertz CT molecular complexity index is 1350. The molecular formula is C25H28BrCl2N5O4. The van der Waals surface area contributed by atoms with Crippen molar-refractivity contribution in [3.05, 3.63) is 56.4 Å². The van der Waals surface area contributed by atoms with Gasteiger partial charge in [-0.25, -0.2) is 14.8 Å². The maximum absolute atomic E-state index is 13.7. The zero-order chi connectivity index (χ0) is 27.1. The Balaban J connectivity index is 1.78. The molecule has 0 spiro atoms. The smallest absolute Gasteiger partial charge is 0.410 e. The van der Waals surface area contributed by atoms with Crippen molar-refractivity contribution in [3.8, 4) is 0 Å². The Labute approximate surface area is 233 Å². The maximum atomic E-state index is 13.7. The highest BCUT2D eigenvalue weighted by Gasteiger charge is 2.36. The standard InChI is InChI=1S/C25H28BrCl2N5O4/c1-25(2,3)37-24(35)31(4)12-16-11-29-22-20(28)21(30-19-9-6-14(26)10-18(19)27)17(13-32(16)22)23(34)33(36-5)15-7-8-15/h6,9-11,13,15,30H,7-8,12H2,1-5H3. The van der Waals surface area contributed by atoms with E-state index >= 15 is 0 Å². The molecule has 0 unspecified atom stereocenters. The third-order valence-corrected chi connectivity index (χ3v) is 6.78. The fourth-order valence-electron chi connectivity index (χ4n) is 3.73. The van der Waals surface area contributed by atoms with Crippen molar-refractivity contribution < 1.29 is 19.2 Å². The molecule has 2 amide bonds. The van der Waals surface area contributed by atoms with E-state index in [4.69, 9.17) is 32.8 Å². The van der Waals surface area contributed by atoms with Crippen LogP contribution in [0.25, 0.3) is 5.65 Å². The fourth-order valence-corrected chi connectivity index (χ4v) is 4.74. The number of carbonyl (C=O) groups excluding carboxylic acids is 2. The van der Waals surface area contributed by atoms with E-state index in [0.29, 0.717) is 27.7 Å². The van der Waals surface area contributed by atoms with Crippen LogP contribution < -0.4 is 5.32 Å². The monoisotopic (exact) mass is 611 g/mol. The molecule has 2 aromatic heterocycles. The second-order valence-corrected chi connectivity index (χ2v) is 11.5. The van der Waals surface area contributed by atoms with Gasteiger partial charge in [0.25, 0.3) is 5.91 Å². The van der Waals surface area contributed by atoms with E-state index in [-0.39, 0.29) is 29.1 Å². The lowest BCUT2D eigenvalue weighted by molar-refractivity contribution is -0.101. The molecule has 0 atom stereocenters. The molecule has 0 bridgehead atoms. The summed E-state index contributed by atoms with van der Waals surface area (Å²) < 4.78 is 7.97. The molecule has 198 valence electrons. The lowest BCUT2D eigenvalue weighted by Crippen LogP contribution is -2.34. The SMILES string of the molecule is CON(C(=O)c1cn2c(CN(C)C(=O)OC(C)(C)C)cnc2c(Cl)c1Nc1ccc(Br)cc1Cl)C1CC1. The van der Waals surface area contributed by atoms with Gasteiger partial charge in [0.1, 0.15) is 10.6 Å². The zero-order valence-electron chi connectivity index (χ0n) is 21.1. The second kappa shape index (κ2) is 10.7. The van der Waals surface area contributed by atoms with Gasteiger partial charge in [-0.15, -0.1) is 0 Å². The number of hydroxylamine groups is 2. The van der Waals surface area contributed by atoms with Gasteiger partial charge in [-0.1, -0.05) is 39.1 Å². The molecule has 1 aromatic carbocycles. The number of hydrogen-bond donors (Lipinski definition) is 1. The number of fused-ring (bicyclic) bond motifs is 1. The number of hydrogen-bond acceptors (Lipinski definition) is 6. The quantitative estimate of drug-likeness (QED) is 0.299. The van der Waals surface area contributed by atoms with Gasteiger partial charge >= 0.3 is 6.09 Å². The average Bonchev–Trinajstić information content (AvgIpc) is 3.56. The van der Waals surface area contributed by atoms with E-state index in [9.17, 15) is 9.59 Å². The number of rotatable bonds is 7. The topological polar surface area (TPSA) is 88.4 Å². The van der Waals surface area contributed by atoms with Gasteiger partial charge in [-0.2, -0.15) is 0 Å². The number of anilines is 2. The van der Waals surface area contributed by atoms with E-state index in [0.717, 1.165) is 17.3 Å². The van der Waals surface area contributed by atoms with Gasteiger partial charge in [0.2, 0.25) is 0 Å². The summed E-state index contributed by atoms with van der Waals surface area (Å²) in [6.07, 6.45) is 4.49. The normalized spacial score (nSPS) is 13.5. The minimum absolute atomic E-state index is 0.00310. The highest BCUT2D eigenvalue weighted by Crippen LogP contribution is 2.38. The molecule has 1 N–H and O–H groups in total. The van der Waals surface area contributed by atoms with Crippen molar-refractivity contribution in [1.29, 1.82) is 0 Å². The van der Waals surface area contributed by atoms with E-state index in [1.165, 1.54) is 17.1 Å². The molecule has 37 heavy (non-hydrogen) atoms. The van der Waals surface area contributed by atoms with E-state index < -0.39 is 11.7 Å². The first-order valence-electron chi connectivity index (χ1n) is 11.6. The lowest BCUT2D eigenvalue weighted by Gasteiger charge is -2.25. The molecule has 2 heterocycles. The highest BCUT2D eigenvalue weighted by molar-refractivity contribution is 9.10. The summed E-state index contributed by atoms with van der Waals surface area (Å²) in [4.78, 5) is 37.5. The predicted molar refractivity (Wildman–Crippen MR) is 147 cm³/mol. The first-order valence-corrected chi connectivity index (χ1v) is 13.2. The van der Waals surface area contributed by atoms with Crippen LogP contribution in [-0.4, -0.2) is 57.1 Å². The number of amides is 2. The zero-order valence-corrected chi connectivity index (χ0v) is 24.2. The Morgan fingerprint density at radius 1 is 1.27 bits per heavy atom. The number of ether oxygens (including phenoxy) is 1.